The van der Waals surface area contributed by atoms with Crippen LogP contribution in [-0.4, -0.2) is 32.6 Å². The van der Waals surface area contributed by atoms with Crippen LogP contribution in [0.1, 0.15) is 28.8 Å². The summed E-state index contributed by atoms with van der Waals surface area (Å²) in [6, 6.07) is 14.9. The van der Waals surface area contributed by atoms with E-state index in [4.69, 9.17) is 0 Å². The van der Waals surface area contributed by atoms with Crippen LogP contribution >= 0.6 is 15.9 Å². The van der Waals surface area contributed by atoms with E-state index in [9.17, 15) is 9.90 Å². The third kappa shape index (κ3) is 3.92. The highest BCUT2D eigenvalue weighted by Gasteiger charge is 2.16. The molecule has 0 bridgehead atoms. The van der Waals surface area contributed by atoms with Crippen molar-refractivity contribution in [1.82, 2.24) is 15.0 Å². The number of aromatic nitrogens is 3. The average Bonchev–Trinajstić information content (AvgIpc) is 3.19. The maximum atomic E-state index is 13.0. The number of aliphatic hydroxyl groups excluding tert-OH is 1. The largest absolute Gasteiger partial charge is 0.396 e. The van der Waals surface area contributed by atoms with Gasteiger partial charge in [-0.3, -0.25) is 9.78 Å². The minimum Gasteiger partial charge on any atom is -0.396 e. The first-order valence-corrected chi connectivity index (χ1v) is 9.97. The van der Waals surface area contributed by atoms with Crippen molar-refractivity contribution < 1.29 is 9.90 Å². The molecule has 1 unspecified atom stereocenters. The van der Waals surface area contributed by atoms with Gasteiger partial charge in [-0.25, -0.2) is 4.98 Å². The molecule has 4 rings (SSSR count). The van der Waals surface area contributed by atoms with Gasteiger partial charge in [-0.15, -0.1) is 0 Å². The monoisotopic (exact) mass is 450 g/mol. The standard InChI is InChI=1S/C22H19BrN4O2/c1-13(12-28)14-7-8-18(17(23)10-14)26-22(29)16-5-2-6-19-20(16)27-21(25-19)15-4-3-9-24-11-15/h2-11,13,28H,12H2,1H3,(H,25,27)(H,26,29). The number of nitrogens with zero attached hydrogens (tertiary/aromatic N) is 2. The molecule has 0 saturated heterocycles. The number of imidazole rings is 1. The number of benzene rings is 2. The van der Waals surface area contributed by atoms with Crippen LogP contribution < -0.4 is 5.32 Å². The van der Waals surface area contributed by atoms with E-state index in [0.717, 1.165) is 21.1 Å². The van der Waals surface area contributed by atoms with Crippen molar-refractivity contribution in [1.29, 1.82) is 0 Å². The molecule has 0 aliphatic rings. The number of amides is 1. The summed E-state index contributed by atoms with van der Waals surface area (Å²) in [5, 5.41) is 12.3. The van der Waals surface area contributed by atoms with Crippen LogP contribution in [0.25, 0.3) is 22.4 Å². The lowest BCUT2D eigenvalue weighted by atomic mass is 10.0. The Kier molecular flexibility index (Phi) is 5.42. The van der Waals surface area contributed by atoms with Gasteiger partial charge in [-0.05, 0) is 57.9 Å². The molecule has 3 N–H and O–H groups in total. The molecule has 0 radical (unpaired) electrons. The molecule has 2 heterocycles. The van der Waals surface area contributed by atoms with Gasteiger partial charge in [-0.1, -0.05) is 19.1 Å². The number of anilines is 1. The second-order valence-corrected chi connectivity index (χ2v) is 7.66. The van der Waals surface area contributed by atoms with Gasteiger partial charge in [-0.2, -0.15) is 0 Å². The van der Waals surface area contributed by atoms with E-state index < -0.39 is 0 Å². The summed E-state index contributed by atoms with van der Waals surface area (Å²) in [4.78, 5) is 24.9. The summed E-state index contributed by atoms with van der Waals surface area (Å²) in [5.41, 5.74) is 4.37. The van der Waals surface area contributed by atoms with Crippen LogP contribution in [0.15, 0.2) is 65.4 Å². The quantitative estimate of drug-likeness (QED) is 0.409. The molecule has 1 atom stereocenters. The zero-order chi connectivity index (χ0) is 20.4. The lowest BCUT2D eigenvalue weighted by molar-refractivity contribution is 0.102. The third-order valence-corrected chi connectivity index (χ3v) is 5.43. The van der Waals surface area contributed by atoms with Gasteiger partial charge in [0.25, 0.3) is 5.91 Å². The maximum Gasteiger partial charge on any atom is 0.257 e. The van der Waals surface area contributed by atoms with Crippen LogP contribution in [0.5, 0.6) is 0 Å². The number of para-hydroxylation sites is 1. The number of hydrogen-bond donors (Lipinski definition) is 3. The summed E-state index contributed by atoms with van der Waals surface area (Å²) in [6.07, 6.45) is 3.43. The Morgan fingerprint density at radius 1 is 1.24 bits per heavy atom. The third-order valence-electron chi connectivity index (χ3n) is 4.78. The number of rotatable bonds is 5. The molecule has 0 aliphatic heterocycles. The zero-order valence-corrected chi connectivity index (χ0v) is 17.3. The summed E-state index contributed by atoms with van der Waals surface area (Å²) in [7, 11) is 0. The Labute approximate surface area is 176 Å². The topological polar surface area (TPSA) is 90.9 Å². The van der Waals surface area contributed by atoms with E-state index in [0.29, 0.717) is 22.6 Å². The Hall–Kier alpha value is -3.03. The fraction of sp³-hybridized carbons (Fsp3) is 0.136. The molecule has 146 valence electrons. The molecular formula is C22H19BrN4O2. The Morgan fingerprint density at radius 3 is 2.83 bits per heavy atom. The van der Waals surface area contributed by atoms with Gasteiger partial charge < -0.3 is 15.4 Å². The lowest BCUT2D eigenvalue weighted by Gasteiger charge is -2.12. The molecule has 1 amide bonds. The van der Waals surface area contributed by atoms with Crippen molar-refractivity contribution in [2.75, 3.05) is 11.9 Å². The molecular weight excluding hydrogens is 432 g/mol. The highest BCUT2D eigenvalue weighted by molar-refractivity contribution is 9.10. The highest BCUT2D eigenvalue weighted by atomic mass is 79.9. The van der Waals surface area contributed by atoms with Crippen LogP contribution in [0, 0.1) is 0 Å². The second kappa shape index (κ2) is 8.14. The number of H-pyrrole nitrogens is 1. The summed E-state index contributed by atoms with van der Waals surface area (Å²) in [6.45, 7) is 2.01. The predicted octanol–water partition coefficient (Wildman–Crippen LogP) is 4.74. The number of carbonyl (C=O) groups excluding carboxylic acids is 1. The number of pyridine rings is 1. The molecule has 7 heteroatoms. The number of aromatic amines is 1. The summed E-state index contributed by atoms with van der Waals surface area (Å²) in [5.74, 6) is 0.445. The molecule has 6 nitrogen and oxygen atoms in total. The predicted molar refractivity (Wildman–Crippen MR) is 117 cm³/mol. The van der Waals surface area contributed by atoms with Gasteiger partial charge >= 0.3 is 0 Å². The Morgan fingerprint density at radius 2 is 2.10 bits per heavy atom. The van der Waals surface area contributed by atoms with Crippen LogP contribution in [0.4, 0.5) is 5.69 Å². The van der Waals surface area contributed by atoms with Crippen LogP contribution in [0.2, 0.25) is 0 Å². The first-order valence-electron chi connectivity index (χ1n) is 9.17. The highest BCUT2D eigenvalue weighted by Crippen LogP contribution is 2.28. The van der Waals surface area contributed by atoms with Gasteiger partial charge in [0, 0.05) is 35.0 Å². The Balaban J connectivity index is 1.65. The van der Waals surface area contributed by atoms with Gasteiger partial charge in [0.1, 0.15) is 11.3 Å². The molecule has 2 aromatic heterocycles. The van der Waals surface area contributed by atoms with Crippen LogP contribution in [0.3, 0.4) is 0 Å². The van der Waals surface area contributed by atoms with Crippen molar-refractivity contribution in [3.05, 3.63) is 76.5 Å². The summed E-state index contributed by atoms with van der Waals surface area (Å²) >= 11 is 3.51. The number of halogens is 1. The van der Waals surface area contributed by atoms with E-state index in [1.807, 2.05) is 49.4 Å². The number of hydrogen-bond acceptors (Lipinski definition) is 4. The van der Waals surface area contributed by atoms with E-state index in [1.165, 1.54) is 0 Å². The van der Waals surface area contributed by atoms with Crippen LogP contribution in [-0.2, 0) is 0 Å². The number of nitrogens with one attached hydrogen (secondary N) is 2. The molecule has 0 spiro atoms. The SMILES string of the molecule is CC(CO)c1ccc(NC(=O)c2cccc3[nH]c(-c4cccnc4)nc23)c(Br)c1. The molecule has 29 heavy (non-hydrogen) atoms. The van der Waals surface area contributed by atoms with Gasteiger partial charge in [0.05, 0.1) is 16.8 Å². The van der Waals surface area contributed by atoms with Crippen molar-refractivity contribution in [3.8, 4) is 11.4 Å². The van der Waals surface area contributed by atoms with E-state index in [2.05, 4.69) is 36.2 Å². The first-order chi connectivity index (χ1) is 14.1. The lowest BCUT2D eigenvalue weighted by Crippen LogP contribution is -2.13. The molecule has 0 saturated carbocycles. The minimum atomic E-state index is -0.247. The van der Waals surface area contributed by atoms with Crippen molar-refractivity contribution in [2.24, 2.45) is 0 Å². The minimum absolute atomic E-state index is 0.0275. The van der Waals surface area contributed by atoms with Gasteiger partial charge in [0.2, 0.25) is 0 Å². The number of aliphatic hydroxyl groups is 1. The molecule has 0 fully saturated rings. The summed E-state index contributed by atoms with van der Waals surface area (Å²) < 4.78 is 0.758. The molecule has 0 aliphatic carbocycles. The first kappa shape index (κ1) is 19.3. The zero-order valence-electron chi connectivity index (χ0n) is 15.7. The second-order valence-electron chi connectivity index (χ2n) is 6.81. The fourth-order valence-corrected chi connectivity index (χ4v) is 3.58. The van der Waals surface area contributed by atoms with E-state index in [1.54, 1.807) is 18.5 Å². The number of fused-ring (bicyclic) bond motifs is 1. The van der Waals surface area contributed by atoms with E-state index in [-0.39, 0.29) is 18.4 Å². The smallest absolute Gasteiger partial charge is 0.257 e. The molecule has 4 aromatic rings. The van der Waals surface area contributed by atoms with E-state index >= 15 is 0 Å². The van der Waals surface area contributed by atoms with Crippen molar-refractivity contribution in [3.63, 3.8) is 0 Å². The number of carbonyl (C=O) groups is 1. The van der Waals surface area contributed by atoms with Gasteiger partial charge in [0.15, 0.2) is 0 Å². The molecule has 2 aromatic carbocycles. The maximum absolute atomic E-state index is 13.0. The van der Waals surface area contributed by atoms with Crippen molar-refractivity contribution in [2.45, 2.75) is 12.8 Å². The Bertz CT molecular complexity index is 1170. The average molecular weight is 451 g/mol. The van der Waals surface area contributed by atoms with Crippen molar-refractivity contribution >= 4 is 38.6 Å². The normalized spacial score (nSPS) is 12.1. The fourth-order valence-electron chi connectivity index (χ4n) is 3.09.